The highest BCUT2D eigenvalue weighted by atomic mass is 16.5. The van der Waals surface area contributed by atoms with E-state index in [4.69, 9.17) is 14.2 Å². The third kappa shape index (κ3) is 11.9. The Labute approximate surface area is 370 Å². The second-order valence-corrected chi connectivity index (χ2v) is 19.5. The third-order valence-corrected chi connectivity index (χ3v) is 13.9. The van der Waals surface area contributed by atoms with E-state index in [1.165, 1.54) is 4.90 Å². The van der Waals surface area contributed by atoms with Gasteiger partial charge in [-0.1, -0.05) is 53.2 Å². The fourth-order valence-electron chi connectivity index (χ4n) is 10.5. The molecule has 350 valence electrons. The van der Waals surface area contributed by atoms with Crippen LogP contribution in [-0.2, 0) is 39.8 Å². The lowest BCUT2D eigenvalue weighted by Crippen LogP contribution is -2.60. The first-order valence-corrected chi connectivity index (χ1v) is 22.8. The minimum absolute atomic E-state index is 0.0226. The van der Waals surface area contributed by atoms with E-state index in [2.05, 4.69) is 29.4 Å². The summed E-state index contributed by atoms with van der Waals surface area (Å²) in [6, 6.07) is 5.50. The summed E-state index contributed by atoms with van der Waals surface area (Å²) < 4.78 is 17.6. The molecule has 3 N–H and O–H groups in total. The van der Waals surface area contributed by atoms with Crippen LogP contribution in [0.15, 0.2) is 24.3 Å². The number of likely N-dealkylation sites (tertiary alicyclic amines) is 2. The summed E-state index contributed by atoms with van der Waals surface area (Å²) in [5.74, 6) is -1.20. The molecule has 2 saturated heterocycles. The quantitative estimate of drug-likeness (QED) is 0.150. The third-order valence-electron chi connectivity index (χ3n) is 13.9. The van der Waals surface area contributed by atoms with E-state index < -0.39 is 47.9 Å². The molecule has 3 fully saturated rings. The Morgan fingerprint density at radius 2 is 1.68 bits per heavy atom. The summed E-state index contributed by atoms with van der Waals surface area (Å²) in [5, 5.41) is 16.2. The molecule has 5 amide bonds. The van der Waals surface area contributed by atoms with Gasteiger partial charge in [0.05, 0.1) is 55.3 Å². The maximum absolute atomic E-state index is 14.4. The number of rotatable bonds is 21. The number of nitrogens with zero attached hydrogens (tertiary/aromatic N) is 4. The Kier molecular flexibility index (Phi) is 18.2. The van der Waals surface area contributed by atoms with Crippen LogP contribution in [0.25, 0.3) is 0 Å². The molecule has 3 aliphatic rings. The number of benzene rings is 1. The van der Waals surface area contributed by atoms with Gasteiger partial charge in [0, 0.05) is 52.2 Å². The van der Waals surface area contributed by atoms with E-state index >= 15 is 0 Å². The van der Waals surface area contributed by atoms with E-state index in [9.17, 15) is 29.1 Å². The summed E-state index contributed by atoms with van der Waals surface area (Å²) in [6.45, 7) is 16.0. The van der Waals surface area contributed by atoms with Crippen molar-refractivity contribution in [2.24, 2.45) is 23.7 Å². The average Bonchev–Trinajstić information content (AvgIpc) is 3.96. The molecule has 3 unspecified atom stereocenters. The van der Waals surface area contributed by atoms with Gasteiger partial charge < -0.3 is 39.8 Å². The van der Waals surface area contributed by atoms with E-state index in [0.717, 1.165) is 37.7 Å². The van der Waals surface area contributed by atoms with Gasteiger partial charge in [0.1, 0.15) is 6.04 Å². The smallest absolute Gasteiger partial charge is 0.412 e. The van der Waals surface area contributed by atoms with Crippen LogP contribution in [0, 0.1) is 23.7 Å². The number of carbonyl (C=O) groups excluding carboxylic acids is 4. The topological polar surface area (TPSA) is 170 Å². The van der Waals surface area contributed by atoms with Gasteiger partial charge >= 0.3 is 6.09 Å². The minimum Gasteiger partial charge on any atom is -0.465 e. The zero-order chi connectivity index (χ0) is 46.2. The highest BCUT2D eigenvalue weighted by molar-refractivity contribution is 5.91. The molecule has 1 aromatic carbocycles. The van der Waals surface area contributed by atoms with Crippen LogP contribution in [-0.4, -0.2) is 152 Å². The van der Waals surface area contributed by atoms with Crippen LogP contribution in [0.4, 0.5) is 10.5 Å². The highest BCUT2D eigenvalue weighted by Gasteiger charge is 2.49. The molecule has 1 aromatic rings. The molecule has 2 heterocycles. The summed E-state index contributed by atoms with van der Waals surface area (Å²) in [4.78, 5) is 75.6. The maximum Gasteiger partial charge on any atom is 0.412 e. The highest BCUT2D eigenvalue weighted by Crippen LogP contribution is 2.41. The Morgan fingerprint density at radius 1 is 0.984 bits per heavy atom. The summed E-state index contributed by atoms with van der Waals surface area (Å²) in [5.41, 5.74) is 0.715. The van der Waals surface area contributed by atoms with Crippen molar-refractivity contribution in [1.82, 2.24) is 25.3 Å². The molecule has 0 radical (unpaired) electrons. The van der Waals surface area contributed by atoms with Gasteiger partial charge in [-0.05, 0) is 102 Å². The van der Waals surface area contributed by atoms with Gasteiger partial charge in [0.15, 0.2) is 0 Å². The number of likely N-dealkylation sites (N-methyl/N-ethyl adjacent to an activating group) is 2. The summed E-state index contributed by atoms with van der Waals surface area (Å²) in [7, 11) is 8.47. The van der Waals surface area contributed by atoms with Gasteiger partial charge in [0.2, 0.25) is 23.6 Å². The molecule has 15 heteroatoms. The molecule has 15 nitrogen and oxygen atoms in total. The summed E-state index contributed by atoms with van der Waals surface area (Å²) in [6.07, 6.45) is 3.42. The van der Waals surface area contributed by atoms with Crippen LogP contribution in [0.5, 0.6) is 0 Å². The Hall–Kier alpha value is -3.79. The SMILES string of the molecule is CC[C@H](C)[C@@H]([C@@H](CC(=O)N1CCCC1[C@H](OC)[C@@H](C)C(=O)NC(COC)Cc1cccc(N(C(=O)O)C(C)(C)C)c1)OC)N(C)C(=O)C(NC(=O)[C@@H]1[C@H]2CC[C@H](C2)N1C)C(C)C. The number of carbonyl (C=O) groups is 5. The number of hydrogen-bond acceptors (Lipinski definition) is 9. The Bertz CT molecular complexity index is 1680. The number of amides is 5. The van der Waals surface area contributed by atoms with Crippen LogP contribution in [0.3, 0.4) is 0 Å². The number of fused-ring (bicyclic) bond motifs is 2. The van der Waals surface area contributed by atoms with Gasteiger partial charge in [-0.15, -0.1) is 0 Å². The van der Waals surface area contributed by atoms with Crippen LogP contribution in [0.1, 0.15) is 106 Å². The Balaban J connectivity index is 1.46. The number of nitrogens with one attached hydrogen (secondary N) is 2. The molecule has 4 rings (SSSR count). The van der Waals surface area contributed by atoms with Crippen molar-refractivity contribution in [3.05, 3.63) is 29.8 Å². The first kappa shape index (κ1) is 50.9. The predicted octanol–water partition coefficient (Wildman–Crippen LogP) is 5.19. The molecule has 2 aliphatic heterocycles. The van der Waals surface area contributed by atoms with Crippen molar-refractivity contribution >= 4 is 35.4 Å². The maximum atomic E-state index is 14.4. The van der Waals surface area contributed by atoms with Crippen molar-refractivity contribution in [2.75, 3.05) is 53.5 Å². The molecule has 1 aliphatic carbocycles. The Morgan fingerprint density at radius 3 is 2.23 bits per heavy atom. The second kappa shape index (κ2) is 22.2. The zero-order valence-corrected chi connectivity index (χ0v) is 39.8. The molecule has 2 bridgehead atoms. The van der Waals surface area contributed by atoms with Crippen molar-refractivity contribution in [1.29, 1.82) is 0 Å². The minimum atomic E-state index is -1.05. The lowest BCUT2D eigenvalue weighted by molar-refractivity contribution is -0.148. The first-order chi connectivity index (χ1) is 29.2. The molecule has 1 saturated carbocycles. The van der Waals surface area contributed by atoms with Crippen molar-refractivity contribution < 1.29 is 43.3 Å². The van der Waals surface area contributed by atoms with Crippen molar-refractivity contribution in [3.63, 3.8) is 0 Å². The number of carboxylic acid groups (broad SMARTS) is 1. The van der Waals surface area contributed by atoms with Crippen molar-refractivity contribution in [3.8, 4) is 0 Å². The van der Waals surface area contributed by atoms with Gasteiger partial charge in [-0.3, -0.25) is 29.0 Å². The molecular formula is C47H78N6O9. The number of ether oxygens (including phenoxy) is 3. The predicted molar refractivity (Wildman–Crippen MR) is 240 cm³/mol. The van der Waals surface area contributed by atoms with E-state index in [1.807, 2.05) is 64.8 Å². The van der Waals surface area contributed by atoms with E-state index in [0.29, 0.717) is 37.0 Å². The zero-order valence-electron chi connectivity index (χ0n) is 39.8. The van der Waals surface area contributed by atoms with Gasteiger partial charge in [-0.25, -0.2) is 4.79 Å². The lowest BCUT2D eigenvalue weighted by atomic mass is 9.89. The molecule has 0 spiro atoms. The fraction of sp³-hybridized carbons (Fsp3) is 0.766. The normalized spacial score (nSPS) is 23.6. The lowest BCUT2D eigenvalue weighted by Gasteiger charge is -2.41. The average molecular weight is 871 g/mol. The summed E-state index contributed by atoms with van der Waals surface area (Å²) >= 11 is 0. The van der Waals surface area contributed by atoms with Crippen molar-refractivity contribution in [2.45, 2.75) is 161 Å². The van der Waals surface area contributed by atoms with E-state index in [1.54, 1.807) is 46.3 Å². The molecular weight excluding hydrogens is 793 g/mol. The van der Waals surface area contributed by atoms with Crippen LogP contribution < -0.4 is 15.5 Å². The first-order valence-electron chi connectivity index (χ1n) is 22.8. The fourth-order valence-corrected chi connectivity index (χ4v) is 10.5. The number of piperidine rings is 1. The number of hydrogen-bond donors (Lipinski definition) is 3. The largest absolute Gasteiger partial charge is 0.465 e. The standard InChI is InChI=1S/C47H78N6O9/c1-14-29(4)40(51(10)45(57)39(28(2)3)49-44(56)41-32-20-21-34(25-32)50(41)9)37(61-12)26-38(54)52-22-16-19-36(52)42(62-13)30(5)43(55)48-33(27-60-11)23-31-17-15-18-35(24-31)53(46(58)59)47(6,7)8/h15,17-18,24,28-30,32-34,36-37,39-42H,14,16,19-23,25-27H2,1-13H3,(H,48,55)(H,49,56)(H,58,59)/t29-,30+,32-,33?,34+,36?,37+,39?,40-,41-,42+/m0/s1. The molecule has 0 aromatic heterocycles. The molecule has 11 atom stereocenters. The number of anilines is 1. The monoisotopic (exact) mass is 871 g/mol. The van der Waals surface area contributed by atoms with Crippen LogP contribution in [0.2, 0.25) is 0 Å². The number of methoxy groups -OCH3 is 3. The molecule has 62 heavy (non-hydrogen) atoms. The second-order valence-electron chi connectivity index (χ2n) is 19.5. The van der Waals surface area contributed by atoms with Crippen LogP contribution >= 0.6 is 0 Å². The van der Waals surface area contributed by atoms with Gasteiger partial charge in [0.25, 0.3) is 0 Å². The van der Waals surface area contributed by atoms with E-state index in [-0.39, 0.29) is 60.6 Å². The van der Waals surface area contributed by atoms with Gasteiger partial charge in [-0.2, -0.15) is 0 Å².